The molecule has 0 aromatic carbocycles. The maximum atomic E-state index is 12.0. The van der Waals surface area contributed by atoms with Gasteiger partial charge in [-0.1, -0.05) is 0 Å². The van der Waals surface area contributed by atoms with Crippen molar-refractivity contribution < 1.29 is 13.9 Å². The highest BCUT2D eigenvalue weighted by Gasteiger charge is 2.24. The van der Waals surface area contributed by atoms with E-state index in [-0.39, 0.29) is 17.2 Å². The van der Waals surface area contributed by atoms with Crippen LogP contribution in [0.1, 0.15) is 17.0 Å². The summed E-state index contributed by atoms with van der Waals surface area (Å²) in [6.07, 6.45) is 2.63. The van der Waals surface area contributed by atoms with Gasteiger partial charge in [-0.25, -0.2) is 4.68 Å². The first-order valence-corrected chi connectivity index (χ1v) is 7.77. The summed E-state index contributed by atoms with van der Waals surface area (Å²) in [5.41, 5.74) is 0.693. The van der Waals surface area contributed by atoms with Crippen LogP contribution in [0.4, 0.5) is 5.69 Å². The van der Waals surface area contributed by atoms with Crippen LogP contribution in [0, 0.1) is 5.92 Å². The molecule has 8 heteroatoms. The Morgan fingerprint density at radius 1 is 1.50 bits per heavy atom. The number of nitrogens with zero attached hydrogens (tertiary/aromatic N) is 3. The minimum Gasteiger partial charge on any atom is -0.468 e. The van der Waals surface area contributed by atoms with Gasteiger partial charge in [0.2, 0.25) is 0 Å². The van der Waals surface area contributed by atoms with E-state index in [1.165, 1.54) is 11.8 Å². The van der Waals surface area contributed by atoms with Crippen LogP contribution < -0.4 is 20.5 Å². The Labute approximate surface area is 139 Å². The monoisotopic (exact) mass is 332 g/mol. The molecular formula is C16H20N4O4. The zero-order valence-corrected chi connectivity index (χ0v) is 13.7. The number of hydrogen-bond acceptors (Lipinski definition) is 6. The second kappa shape index (κ2) is 6.77. The van der Waals surface area contributed by atoms with Crippen molar-refractivity contribution in [3.05, 3.63) is 40.5 Å². The molecule has 1 fully saturated rings. The van der Waals surface area contributed by atoms with Gasteiger partial charge >= 0.3 is 0 Å². The molecule has 8 nitrogen and oxygen atoms in total. The number of aromatic nitrogens is 2. The fourth-order valence-electron chi connectivity index (χ4n) is 2.74. The lowest BCUT2D eigenvalue weighted by molar-refractivity contribution is 0.0914. The molecule has 0 aliphatic carbocycles. The van der Waals surface area contributed by atoms with Crippen LogP contribution in [-0.4, -0.2) is 42.4 Å². The van der Waals surface area contributed by atoms with E-state index in [2.05, 4.69) is 15.3 Å². The first kappa shape index (κ1) is 16.1. The Hall–Kier alpha value is -2.77. The molecule has 2 aromatic rings. The topological polar surface area (TPSA) is 89.6 Å². The van der Waals surface area contributed by atoms with Gasteiger partial charge in [-0.2, -0.15) is 5.10 Å². The summed E-state index contributed by atoms with van der Waals surface area (Å²) < 4.78 is 11.5. The lowest BCUT2D eigenvalue weighted by Gasteiger charge is -2.18. The van der Waals surface area contributed by atoms with Crippen LogP contribution in [0.15, 0.2) is 33.6 Å². The van der Waals surface area contributed by atoms with E-state index in [1.807, 2.05) is 0 Å². The second-order valence-electron chi connectivity index (χ2n) is 5.81. The number of hydrogen-bond donors (Lipinski definition) is 1. The van der Waals surface area contributed by atoms with E-state index in [0.717, 1.165) is 25.2 Å². The molecular weight excluding hydrogens is 312 g/mol. The molecule has 1 aliphatic heterocycles. The first-order chi connectivity index (χ1) is 11.6. The molecule has 24 heavy (non-hydrogen) atoms. The second-order valence-corrected chi connectivity index (χ2v) is 5.81. The zero-order chi connectivity index (χ0) is 17.1. The molecule has 0 unspecified atom stereocenters. The standard InChI is InChI=1S/C16H20N4O4/c1-19-14(21)7-12(9-18-19)20-6-5-11(10-20)8-17-16(22)13-3-4-15(23-2)24-13/h3-4,7,9,11H,5-6,8,10H2,1-2H3,(H,17,22)/t11-/m0/s1. The predicted octanol–water partition coefficient (Wildman–Crippen LogP) is 0.638. The highest BCUT2D eigenvalue weighted by molar-refractivity contribution is 5.91. The van der Waals surface area contributed by atoms with Gasteiger partial charge in [0.1, 0.15) is 0 Å². The molecule has 1 amide bonds. The normalized spacial score (nSPS) is 17.1. The minimum absolute atomic E-state index is 0.129. The number of ether oxygens (including phenoxy) is 1. The third-order valence-corrected chi connectivity index (χ3v) is 4.16. The van der Waals surface area contributed by atoms with Crippen molar-refractivity contribution in [2.24, 2.45) is 13.0 Å². The summed E-state index contributed by atoms with van der Waals surface area (Å²) in [4.78, 5) is 25.8. The lowest BCUT2D eigenvalue weighted by atomic mass is 10.1. The quantitative estimate of drug-likeness (QED) is 0.864. The number of carbonyl (C=O) groups excluding carboxylic acids is 1. The number of furan rings is 1. The maximum absolute atomic E-state index is 12.0. The van der Waals surface area contributed by atoms with E-state index < -0.39 is 0 Å². The Balaban J connectivity index is 1.53. The SMILES string of the molecule is COc1ccc(C(=O)NC[C@@H]2CCN(c3cnn(C)c(=O)c3)C2)o1. The minimum atomic E-state index is -0.257. The maximum Gasteiger partial charge on any atom is 0.287 e. The number of anilines is 1. The summed E-state index contributed by atoms with van der Waals surface area (Å²) in [7, 11) is 3.11. The molecule has 3 heterocycles. The van der Waals surface area contributed by atoms with E-state index >= 15 is 0 Å². The third-order valence-electron chi connectivity index (χ3n) is 4.16. The molecule has 3 rings (SSSR count). The lowest BCUT2D eigenvalue weighted by Crippen LogP contribution is -2.31. The number of methoxy groups -OCH3 is 1. The smallest absolute Gasteiger partial charge is 0.287 e. The molecule has 2 aromatic heterocycles. The molecule has 0 bridgehead atoms. The molecule has 0 spiro atoms. The van der Waals surface area contributed by atoms with Gasteiger partial charge in [-0.3, -0.25) is 9.59 Å². The van der Waals surface area contributed by atoms with Gasteiger partial charge in [-0.15, -0.1) is 0 Å². The summed E-state index contributed by atoms with van der Waals surface area (Å²) in [6, 6.07) is 4.78. The van der Waals surface area contributed by atoms with Crippen LogP contribution in [0.5, 0.6) is 5.95 Å². The molecule has 0 radical (unpaired) electrons. The van der Waals surface area contributed by atoms with Gasteiger partial charge < -0.3 is 19.4 Å². The van der Waals surface area contributed by atoms with Gasteiger partial charge in [-0.05, 0) is 18.4 Å². The van der Waals surface area contributed by atoms with Gasteiger partial charge in [0.05, 0.1) is 19.0 Å². The summed E-state index contributed by atoms with van der Waals surface area (Å²) in [5.74, 6) is 0.602. The summed E-state index contributed by atoms with van der Waals surface area (Å²) in [6.45, 7) is 2.16. The highest BCUT2D eigenvalue weighted by atomic mass is 16.6. The Morgan fingerprint density at radius 3 is 3.04 bits per heavy atom. The van der Waals surface area contributed by atoms with Crippen molar-refractivity contribution in [2.75, 3.05) is 31.6 Å². The molecule has 1 aliphatic rings. The zero-order valence-electron chi connectivity index (χ0n) is 13.7. The number of nitrogens with one attached hydrogen (secondary N) is 1. The Morgan fingerprint density at radius 2 is 2.33 bits per heavy atom. The van der Waals surface area contributed by atoms with Crippen molar-refractivity contribution >= 4 is 11.6 Å². The number of aryl methyl sites for hydroxylation is 1. The van der Waals surface area contributed by atoms with Crippen molar-refractivity contribution in [1.29, 1.82) is 0 Å². The Bertz CT molecular complexity index is 782. The average molecular weight is 332 g/mol. The van der Waals surface area contributed by atoms with Gasteiger partial charge in [0.25, 0.3) is 17.4 Å². The van der Waals surface area contributed by atoms with Crippen LogP contribution >= 0.6 is 0 Å². The van der Waals surface area contributed by atoms with Crippen LogP contribution in [0.25, 0.3) is 0 Å². The van der Waals surface area contributed by atoms with Crippen LogP contribution in [0.2, 0.25) is 0 Å². The first-order valence-electron chi connectivity index (χ1n) is 7.77. The fraction of sp³-hybridized carbons (Fsp3) is 0.438. The average Bonchev–Trinajstić information content (AvgIpc) is 3.24. The van der Waals surface area contributed by atoms with Crippen LogP contribution in [0.3, 0.4) is 0 Å². The molecule has 0 saturated carbocycles. The summed E-state index contributed by atoms with van der Waals surface area (Å²) >= 11 is 0. The fourth-order valence-corrected chi connectivity index (χ4v) is 2.74. The van der Waals surface area contributed by atoms with Crippen molar-refractivity contribution in [3.63, 3.8) is 0 Å². The predicted molar refractivity (Wildman–Crippen MR) is 87.4 cm³/mol. The van der Waals surface area contributed by atoms with Gasteiger partial charge in [0, 0.05) is 38.8 Å². The molecule has 1 atom stereocenters. The van der Waals surface area contributed by atoms with E-state index in [1.54, 1.807) is 31.4 Å². The molecule has 1 saturated heterocycles. The Kier molecular flexibility index (Phi) is 4.54. The summed E-state index contributed by atoms with van der Waals surface area (Å²) in [5, 5.41) is 6.92. The van der Waals surface area contributed by atoms with Crippen LogP contribution in [-0.2, 0) is 7.05 Å². The highest BCUT2D eigenvalue weighted by Crippen LogP contribution is 2.22. The van der Waals surface area contributed by atoms with Crippen molar-refractivity contribution in [2.45, 2.75) is 6.42 Å². The number of amides is 1. The van der Waals surface area contributed by atoms with E-state index in [4.69, 9.17) is 9.15 Å². The number of carbonyl (C=O) groups is 1. The van der Waals surface area contributed by atoms with Crippen molar-refractivity contribution in [3.8, 4) is 5.95 Å². The number of rotatable bonds is 5. The van der Waals surface area contributed by atoms with Gasteiger partial charge in [0.15, 0.2) is 5.76 Å². The third kappa shape index (κ3) is 3.42. The van der Waals surface area contributed by atoms with Crippen molar-refractivity contribution in [1.82, 2.24) is 15.1 Å². The largest absolute Gasteiger partial charge is 0.468 e. The molecule has 128 valence electrons. The van der Waals surface area contributed by atoms with E-state index in [9.17, 15) is 9.59 Å². The van der Waals surface area contributed by atoms with E-state index in [0.29, 0.717) is 18.4 Å². The molecule has 1 N–H and O–H groups in total.